The van der Waals surface area contributed by atoms with Gasteiger partial charge in [-0.1, -0.05) is 54.2 Å². The van der Waals surface area contributed by atoms with E-state index in [1.54, 1.807) is 14.0 Å². The minimum absolute atomic E-state index is 0.378. The summed E-state index contributed by atoms with van der Waals surface area (Å²) < 4.78 is 7.51. The van der Waals surface area contributed by atoms with Crippen LogP contribution in [-0.2, 0) is 17.8 Å². The maximum atomic E-state index is 11.5. The van der Waals surface area contributed by atoms with Crippen LogP contribution in [0.15, 0.2) is 59.8 Å². The number of benzene rings is 2. The van der Waals surface area contributed by atoms with Gasteiger partial charge >= 0.3 is 0 Å². The first-order valence-corrected chi connectivity index (χ1v) is 9.54. The molecule has 140 valence electrons. The number of aryl methyl sites for hydroxylation is 1. The van der Waals surface area contributed by atoms with E-state index in [2.05, 4.69) is 22.3 Å². The van der Waals surface area contributed by atoms with Gasteiger partial charge in [-0.05, 0) is 31.0 Å². The minimum Gasteiger partial charge on any atom is -0.496 e. The number of aromatic nitrogens is 3. The van der Waals surface area contributed by atoms with Crippen molar-refractivity contribution >= 4 is 17.7 Å². The number of nitrogens with zero attached hydrogens (tertiary/aromatic N) is 3. The average Bonchev–Trinajstić information content (AvgIpc) is 3.09. The molecular formula is C20H22N4O2S. The zero-order valence-corrected chi connectivity index (χ0v) is 16.1. The summed E-state index contributed by atoms with van der Waals surface area (Å²) in [6.45, 7) is 2.45. The highest BCUT2D eigenvalue weighted by molar-refractivity contribution is 8.00. The molecule has 3 aromatic rings. The van der Waals surface area contributed by atoms with Crippen LogP contribution in [-0.4, -0.2) is 33.0 Å². The fourth-order valence-electron chi connectivity index (χ4n) is 2.71. The number of ether oxygens (including phenoxy) is 1. The second kappa shape index (κ2) is 8.73. The van der Waals surface area contributed by atoms with Crippen molar-refractivity contribution in [2.24, 2.45) is 5.73 Å². The summed E-state index contributed by atoms with van der Waals surface area (Å²) in [6.07, 6.45) is 0.819. The Morgan fingerprint density at radius 2 is 1.85 bits per heavy atom. The molecule has 6 nitrogen and oxygen atoms in total. The molecule has 1 heterocycles. The molecule has 0 radical (unpaired) electrons. The summed E-state index contributed by atoms with van der Waals surface area (Å²) in [7, 11) is 1.63. The van der Waals surface area contributed by atoms with Crippen molar-refractivity contribution in [3.63, 3.8) is 0 Å². The topological polar surface area (TPSA) is 83.0 Å². The Labute approximate surface area is 162 Å². The van der Waals surface area contributed by atoms with Crippen LogP contribution in [0.25, 0.3) is 11.4 Å². The van der Waals surface area contributed by atoms with Gasteiger partial charge in [0.1, 0.15) is 5.75 Å². The van der Waals surface area contributed by atoms with Gasteiger partial charge in [-0.15, -0.1) is 10.2 Å². The van der Waals surface area contributed by atoms with E-state index in [9.17, 15) is 4.79 Å². The number of para-hydroxylation sites is 1. The lowest BCUT2D eigenvalue weighted by molar-refractivity contribution is -0.117. The lowest BCUT2D eigenvalue weighted by atomic mass is 10.1. The molecule has 1 aromatic heterocycles. The Morgan fingerprint density at radius 3 is 2.56 bits per heavy atom. The highest BCUT2D eigenvalue weighted by atomic mass is 32.2. The number of hydrogen-bond donors (Lipinski definition) is 1. The van der Waals surface area contributed by atoms with Crippen LogP contribution in [0.5, 0.6) is 5.75 Å². The van der Waals surface area contributed by atoms with Crippen LogP contribution in [0.1, 0.15) is 12.5 Å². The number of carbonyl (C=O) groups excluding carboxylic acids is 1. The normalized spacial score (nSPS) is 11.9. The minimum atomic E-state index is -0.393. The maximum Gasteiger partial charge on any atom is 0.230 e. The van der Waals surface area contributed by atoms with E-state index in [1.807, 2.05) is 47.0 Å². The van der Waals surface area contributed by atoms with Crippen molar-refractivity contribution in [2.45, 2.75) is 30.3 Å². The van der Waals surface area contributed by atoms with Crippen LogP contribution < -0.4 is 10.5 Å². The molecule has 0 spiro atoms. The Hall–Kier alpha value is -2.80. The molecule has 2 N–H and O–H groups in total. The third-order valence-corrected chi connectivity index (χ3v) is 5.31. The van der Waals surface area contributed by atoms with Gasteiger partial charge in [-0.3, -0.25) is 4.79 Å². The van der Waals surface area contributed by atoms with E-state index in [0.717, 1.165) is 17.7 Å². The van der Waals surface area contributed by atoms with Crippen LogP contribution in [0.2, 0.25) is 0 Å². The molecule has 0 saturated carbocycles. The van der Waals surface area contributed by atoms with Gasteiger partial charge in [-0.2, -0.15) is 0 Å². The summed E-state index contributed by atoms with van der Waals surface area (Å²) in [6, 6.07) is 17.9. The monoisotopic (exact) mass is 382 g/mol. The number of rotatable bonds is 8. The molecule has 27 heavy (non-hydrogen) atoms. The summed E-state index contributed by atoms with van der Waals surface area (Å²) in [4.78, 5) is 11.5. The summed E-state index contributed by atoms with van der Waals surface area (Å²) in [5.41, 5.74) is 7.50. The molecule has 0 aliphatic heterocycles. The molecule has 0 aliphatic rings. The number of nitrogens with two attached hydrogens (primary N) is 1. The Bertz CT molecular complexity index is 911. The van der Waals surface area contributed by atoms with Crippen LogP contribution >= 0.6 is 11.8 Å². The summed E-state index contributed by atoms with van der Waals surface area (Å²) in [5.74, 6) is 1.06. The number of primary amides is 1. The quantitative estimate of drug-likeness (QED) is 0.605. The van der Waals surface area contributed by atoms with Gasteiger partial charge in [0, 0.05) is 6.54 Å². The molecule has 0 bridgehead atoms. The van der Waals surface area contributed by atoms with Crippen LogP contribution in [0.4, 0.5) is 0 Å². The molecule has 1 atom stereocenters. The van der Waals surface area contributed by atoms with Gasteiger partial charge in [0.25, 0.3) is 0 Å². The standard InChI is InChI=1S/C20H22N4O2S/c1-14(18(21)25)27-20-23-22-19(16-10-6-7-11-17(16)26-2)24(20)13-12-15-8-4-3-5-9-15/h3-11,14H,12-13H2,1-2H3,(H2,21,25). The average molecular weight is 382 g/mol. The molecule has 1 unspecified atom stereocenters. The third kappa shape index (κ3) is 4.49. The van der Waals surface area contributed by atoms with E-state index in [1.165, 1.54) is 17.3 Å². The Balaban J connectivity index is 1.97. The number of carbonyl (C=O) groups is 1. The van der Waals surface area contributed by atoms with Crippen molar-refractivity contribution in [1.82, 2.24) is 14.8 Å². The molecule has 7 heteroatoms. The molecule has 0 aliphatic carbocycles. The molecule has 3 rings (SSSR count). The van der Waals surface area contributed by atoms with E-state index >= 15 is 0 Å². The van der Waals surface area contributed by atoms with Crippen molar-refractivity contribution in [2.75, 3.05) is 7.11 Å². The molecule has 0 fully saturated rings. The Morgan fingerprint density at radius 1 is 1.15 bits per heavy atom. The van der Waals surface area contributed by atoms with Gasteiger partial charge in [0.05, 0.1) is 17.9 Å². The third-order valence-electron chi connectivity index (χ3n) is 4.21. The lowest BCUT2D eigenvalue weighted by Crippen LogP contribution is -2.23. The summed E-state index contributed by atoms with van der Waals surface area (Å²) >= 11 is 1.32. The van der Waals surface area contributed by atoms with Crippen LogP contribution in [0, 0.1) is 0 Å². The van der Waals surface area contributed by atoms with Gasteiger partial charge < -0.3 is 15.0 Å². The van der Waals surface area contributed by atoms with Gasteiger partial charge in [0.2, 0.25) is 5.91 Å². The zero-order valence-electron chi connectivity index (χ0n) is 15.3. The number of hydrogen-bond acceptors (Lipinski definition) is 5. The summed E-state index contributed by atoms with van der Waals surface area (Å²) in [5, 5.41) is 8.97. The van der Waals surface area contributed by atoms with E-state index in [4.69, 9.17) is 10.5 Å². The second-order valence-corrected chi connectivity index (χ2v) is 7.36. The largest absolute Gasteiger partial charge is 0.496 e. The number of amides is 1. The van der Waals surface area contributed by atoms with E-state index in [0.29, 0.717) is 17.5 Å². The van der Waals surface area contributed by atoms with Crippen molar-refractivity contribution in [3.8, 4) is 17.1 Å². The number of thioether (sulfide) groups is 1. The highest BCUT2D eigenvalue weighted by Gasteiger charge is 2.20. The SMILES string of the molecule is COc1ccccc1-c1nnc(SC(C)C(N)=O)n1CCc1ccccc1. The smallest absolute Gasteiger partial charge is 0.230 e. The van der Waals surface area contributed by atoms with Crippen molar-refractivity contribution in [1.29, 1.82) is 0 Å². The second-order valence-electron chi connectivity index (χ2n) is 6.06. The van der Waals surface area contributed by atoms with E-state index in [-0.39, 0.29) is 5.91 Å². The fraction of sp³-hybridized carbons (Fsp3) is 0.250. The fourth-order valence-corrected chi connectivity index (χ4v) is 3.53. The molecular weight excluding hydrogens is 360 g/mol. The highest BCUT2D eigenvalue weighted by Crippen LogP contribution is 2.32. The number of methoxy groups -OCH3 is 1. The van der Waals surface area contributed by atoms with E-state index < -0.39 is 5.25 Å². The first-order chi connectivity index (χ1) is 13.1. The van der Waals surface area contributed by atoms with Crippen molar-refractivity contribution < 1.29 is 9.53 Å². The molecule has 1 amide bonds. The predicted octanol–water partition coefficient (Wildman–Crippen LogP) is 3.16. The lowest BCUT2D eigenvalue weighted by Gasteiger charge is -2.13. The van der Waals surface area contributed by atoms with Crippen LogP contribution in [0.3, 0.4) is 0 Å². The first kappa shape index (κ1) is 19.0. The molecule has 2 aromatic carbocycles. The van der Waals surface area contributed by atoms with Gasteiger partial charge in [-0.25, -0.2) is 0 Å². The van der Waals surface area contributed by atoms with Gasteiger partial charge in [0.15, 0.2) is 11.0 Å². The Kier molecular flexibility index (Phi) is 6.13. The molecule has 0 saturated heterocycles. The van der Waals surface area contributed by atoms with Crippen molar-refractivity contribution in [3.05, 3.63) is 60.2 Å². The predicted molar refractivity (Wildman–Crippen MR) is 107 cm³/mol. The first-order valence-electron chi connectivity index (χ1n) is 8.66. The maximum absolute atomic E-state index is 11.5. The zero-order chi connectivity index (χ0) is 19.2.